The van der Waals surface area contributed by atoms with E-state index in [9.17, 15) is 9.59 Å². The van der Waals surface area contributed by atoms with Crippen LogP contribution in [0.5, 0.6) is 11.5 Å². The summed E-state index contributed by atoms with van der Waals surface area (Å²) in [5.41, 5.74) is 3.86. The van der Waals surface area contributed by atoms with E-state index in [4.69, 9.17) is 15.9 Å². The van der Waals surface area contributed by atoms with Crippen molar-refractivity contribution >= 4 is 46.2 Å². The molecule has 3 rings (SSSR count). The molecule has 1 heterocycles. The van der Waals surface area contributed by atoms with E-state index in [2.05, 4.69) is 33.9 Å². The van der Waals surface area contributed by atoms with Gasteiger partial charge in [0.05, 0.1) is 15.9 Å². The van der Waals surface area contributed by atoms with Crippen molar-refractivity contribution in [1.82, 2.24) is 5.43 Å². The number of amides is 2. The molecular weight excluding hydrogens is 471 g/mol. The smallest absolute Gasteiger partial charge is 0.282 e. The van der Waals surface area contributed by atoms with Gasteiger partial charge in [-0.2, -0.15) is 0 Å². The van der Waals surface area contributed by atoms with Crippen LogP contribution in [0.3, 0.4) is 0 Å². The van der Waals surface area contributed by atoms with E-state index in [1.165, 1.54) is 11.1 Å². The number of ether oxygens (including phenoxy) is 2. The van der Waals surface area contributed by atoms with Gasteiger partial charge in [-0.25, -0.2) is 5.01 Å². The lowest BCUT2D eigenvalue weighted by molar-refractivity contribution is -0.117. The number of nitrogens with one attached hydrogen (secondary N) is 1. The molecule has 2 aromatic rings. The molecule has 1 fully saturated rings. The molecule has 2 aromatic carbocycles. The Bertz CT molecular complexity index is 980. The van der Waals surface area contributed by atoms with Gasteiger partial charge in [0.2, 0.25) is 0 Å². The number of benzene rings is 2. The van der Waals surface area contributed by atoms with Gasteiger partial charge < -0.3 is 9.47 Å². The van der Waals surface area contributed by atoms with Crippen LogP contribution in [-0.2, 0) is 9.59 Å². The van der Waals surface area contributed by atoms with E-state index < -0.39 is 11.8 Å². The Morgan fingerprint density at radius 1 is 1.21 bits per heavy atom. The average molecular weight is 488 g/mol. The van der Waals surface area contributed by atoms with Crippen molar-refractivity contribution < 1.29 is 19.1 Å². The predicted molar refractivity (Wildman–Crippen MR) is 115 cm³/mol. The van der Waals surface area contributed by atoms with Gasteiger partial charge in [-0.3, -0.25) is 15.0 Å². The van der Waals surface area contributed by atoms with Crippen LogP contribution in [-0.4, -0.2) is 25.0 Å². The largest absolute Gasteiger partial charge is 0.490 e. The molecule has 1 N–H and O–H groups in total. The Balaban J connectivity index is 1.95. The molecule has 2 amide bonds. The quantitative estimate of drug-likeness (QED) is 0.294. The molecule has 1 aliphatic heterocycles. The SMILES string of the molecule is C#CCOc1c(I)cc(C=C2C(=O)NN(c3ccccc3)C2=O)cc1OCC. The molecule has 1 aliphatic rings. The Labute approximate surface area is 176 Å². The van der Waals surface area contributed by atoms with Crippen LogP contribution >= 0.6 is 22.6 Å². The molecule has 1 saturated heterocycles. The summed E-state index contributed by atoms with van der Waals surface area (Å²) >= 11 is 2.10. The second kappa shape index (κ2) is 8.80. The Morgan fingerprint density at radius 3 is 2.64 bits per heavy atom. The normalized spacial score (nSPS) is 14.8. The van der Waals surface area contributed by atoms with Crippen molar-refractivity contribution in [1.29, 1.82) is 0 Å². The van der Waals surface area contributed by atoms with Gasteiger partial charge in [-0.05, 0) is 65.4 Å². The lowest BCUT2D eigenvalue weighted by Gasteiger charge is -2.14. The van der Waals surface area contributed by atoms with Gasteiger partial charge in [0.1, 0.15) is 12.2 Å². The summed E-state index contributed by atoms with van der Waals surface area (Å²) in [5.74, 6) is 2.58. The highest BCUT2D eigenvalue weighted by atomic mass is 127. The predicted octanol–water partition coefficient (Wildman–Crippen LogP) is 3.16. The van der Waals surface area contributed by atoms with Crippen molar-refractivity contribution in [2.75, 3.05) is 18.2 Å². The highest BCUT2D eigenvalue weighted by Crippen LogP contribution is 2.35. The van der Waals surface area contributed by atoms with Crippen LogP contribution in [0.25, 0.3) is 6.08 Å². The maximum atomic E-state index is 12.7. The summed E-state index contributed by atoms with van der Waals surface area (Å²) in [6, 6.07) is 12.4. The summed E-state index contributed by atoms with van der Waals surface area (Å²) in [5, 5.41) is 1.23. The van der Waals surface area contributed by atoms with Crippen molar-refractivity contribution in [3.63, 3.8) is 0 Å². The van der Waals surface area contributed by atoms with Crippen LogP contribution in [0.4, 0.5) is 5.69 Å². The Hall–Kier alpha value is -2.99. The number of terminal acetylenes is 1. The van der Waals surface area contributed by atoms with Crippen LogP contribution in [0.2, 0.25) is 0 Å². The molecule has 0 saturated carbocycles. The average Bonchev–Trinajstić information content (AvgIpc) is 2.96. The maximum Gasteiger partial charge on any atom is 0.282 e. The molecule has 0 radical (unpaired) electrons. The Morgan fingerprint density at radius 2 is 1.96 bits per heavy atom. The lowest BCUT2D eigenvalue weighted by Crippen LogP contribution is -2.35. The second-order valence-electron chi connectivity index (χ2n) is 5.73. The maximum absolute atomic E-state index is 12.7. The van der Waals surface area contributed by atoms with Crippen molar-refractivity contribution in [2.24, 2.45) is 0 Å². The van der Waals surface area contributed by atoms with Crippen LogP contribution in [0, 0.1) is 15.9 Å². The molecule has 7 heteroatoms. The number of rotatable bonds is 6. The van der Waals surface area contributed by atoms with Crippen molar-refractivity contribution in [3.8, 4) is 23.8 Å². The van der Waals surface area contributed by atoms with Gasteiger partial charge in [-0.15, -0.1) is 6.42 Å². The summed E-state index contributed by atoms with van der Waals surface area (Å²) in [6.45, 7) is 2.40. The van der Waals surface area contributed by atoms with E-state index in [0.29, 0.717) is 29.4 Å². The zero-order valence-electron chi connectivity index (χ0n) is 15.1. The van der Waals surface area contributed by atoms with Gasteiger partial charge >= 0.3 is 0 Å². The molecule has 0 aromatic heterocycles. The Kier molecular flexibility index (Phi) is 6.21. The summed E-state index contributed by atoms with van der Waals surface area (Å²) < 4.78 is 12.0. The van der Waals surface area contributed by atoms with Crippen molar-refractivity contribution in [3.05, 3.63) is 57.2 Å². The molecule has 0 spiro atoms. The molecular formula is C21H17IN2O4. The van der Waals surface area contributed by atoms with Crippen LogP contribution in [0.15, 0.2) is 48.0 Å². The van der Waals surface area contributed by atoms with Gasteiger partial charge in [0.25, 0.3) is 11.8 Å². The number of carbonyl (C=O) groups excluding carboxylic acids is 2. The molecule has 0 atom stereocenters. The number of hydrogen-bond donors (Lipinski definition) is 1. The first kappa shape index (κ1) is 19.8. The molecule has 0 bridgehead atoms. The minimum absolute atomic E-state index is 0.0411. The van der Waals surface area contributed by atoms with Gasteiger partial charge in [-0.1, -0.05) is 24.1 Å². The summed E-state index contributed by atoms with van der Waals surface area (Å²) in [7, 11) is 0. The number of hydrogen-bond acceptors (Lipinski definition) is 4. The third kappa shape index (κ3) is 4.12. The molecule has 6 nitrogen and oxygen atoms in total. The summed E-state index contributed by atoms with van der Waals surface area (Å²) in [4.78, 5) is 25.1. The number of hydrazine groups is 1. The molecule has 28 heavy (non-hydrogen) atoms. The van der Waals surface area contributed by atoms with Crippen LogP contribution in [0.1, 0.15) is 12.5 Å². The fraction of sp³-hybridized carbons (Fsp3) is 0.143. The van der Waals surface area contributed by atoms with E-state index in [1.54, 1.807) is 36.4 Å². The third-order valence-corrected chi connectivity index (χ3v) is 4.65. The topological polar surface area (TPSA) is 67.9 Å². The third-order valence-electron chi connectivity index (χ3n) is 3.85. The fourth-order valence-corrected chi connectivity index (χ4v) is 3.45. The zero-order chi connectivity index (χ0) is 20.1. The monoisotopic (exact) mass is 488 g/mol. The first-order valence-corrected chi connectivity index (χ1v) is 9.57. The van der Waals surface area contributed by atoms with E-state index in [1.807, 2.05) is 13.0 Å². The van der Waals surface area contributed by atoms with E-state index >= 15 is 0 Å². The van der Waals surface area contributed by atoms with Gasteiger partial charge in [0, 0.05) is 0 Å². The molecule has 0 unspecified atom stereocenters. The first-order valence-electron chi connectivity index (χ1n) is 8.50. The highest BCUT2D eigenvalue weighted by molar-refractivity contribution is 14.1. The van der Waals surface area contributed by atoms with Crippen molar-refractivity contribution in [2.45, 2.75) is 6.92 Å². The number of carbonyl (C=O) groups is 2. The number of anilines is 1. The fourth-order valence-electron chi connectivity index (χ4n) is 2.67. The summed E-state index contributed by atoms with van der Waals surface area (Å²) in [6.07, 6.45) is 6.80. The standard InChI is InChI=1S/C21H17IN2O4/c1-3-10-28-19-17(22)12-14(13-18(19)27-4-2)11-16-20(25)23-24(21(16)26)15-8-6-5-7-9-15/h1,5-9,11-13H,4,10H2,2H3,(H,23,25). The van der Waals surface area contributed by atoms with Crippen LogP contribution < -0.4 is 19.9 Å². The minimum atomic E-state index is -0.463. The minimum Gasteiger partial charge on any atom is -0.490 e. The first-order chi connectivity index (χ1) is 13.5. The molecule has 0 aliphatic carbocycles. The number of halogens is 1. The van der Waals surface area contributed by atoms with E-state index in [-0.39, 0.29) is 12.2 Å². The molecule has 142 valence electrons. The van der Waals surface area contributed by atoms with E-state index in [0.717, 1.165) is 3.57 Å². The van der Waals surface area contributed by atoms with Gasteiger partial charge in [0.15, 0.2) is 11.5 Å². The number of para-hydroxylation sites is 1. The zero-order valence-corrected chi connectivity index (χ0v) is 17.2. The highest BCUT2D eigenvalue weighted by Gasteiger charge is 2.34. The second-order valence-corrected chi connectivity index (χ2v) is 6.89. The lowest BCUT2D eigenvalue weighted by atomic mass is 10.1. The number of nitrogens with zero attached hydrogens (tertiary/aromatic N) is 1.